The summed E-state index contributed by atoms with van der Waals surface area (Å²) < 4.78 is 2.82. The van der Waals surface area contributed by atoms with Crippen molar-refractivity contribution in [3.63, 3.8) is 0 Å². The van der Waals surface area contributed by atoms with E-state index in [9.17, 15) is 0 Å². The lowest BCUT2D eigenvalue weighted by molar-refractivity contribution is 1.10. The molecule has 0 aliphatic heterocycles. The van der Waals surface area contributed by atoms with Gasteiger partial charge in [-0.2, -0.15) is 0 Å². The van der Waals surface area contributed by atoms with Crippen molar-refractivity contribution < 1.29 is 0 Å². The number of halogens is 2. The summed E-state index contributed by atoms with van der Waals surface area (Å²) in [5.74, 6) is 0.635. The van der Waals surface area contributed by atoms with Crippen LogP contribution < -0.4 is 5.73 Å². The van der Waals surface area contributed by atoms with Crippen LogP contribution in [0.1, 0.15) is 5.69 Å². The van der Waals surface area contributed by atoms with Crippen molar-refractivity contribution in [2.45, 2.75) is 6.92 Å². The van der Waals surface area contributed by atoms with Gasteiger partial charge in [-0.3, -0.25) is 4.40 Å². The summed E-state index contributed by atoms with van der Waals surface area (Å²) in [5, 5.41) is 0.675. The second-order valence-corrected chi connectivity index (χ2v) is 5.62. The lowest BCUT2D eigenvalue weighted by Crippen LogP contribution is -1.97. The largest absolute Gasteiger partial charge is 0.383 e. The summed E-state index contributed by atoms with van der Waals surface area (Å²) in [6.07, 6.45) is 0. The standard InChI is InChI=1S/C14H11BrClN3/c1-8-3-2-4-12-18-13(14(17)19(8)12)10-6-5-9(16)7-11(10)15/h2-7H,17H2,1H3. The van der Waals surface area contributed by atoms with E-state index in [2.05, 4.69) is 20.9 Å². The Hall–Kier alpha value is -1.52. The van der Waals surface area contributed by atoms with E-state index in [-0.39, 0.29) is 0 Å². The van der Waals surface area contributed by atoms with Crippen molar-refractivity contribution in [1.29, 1.82) is 0 Å². The highest BCUT2D eigenvalue weighted by atomic mass is 79.9. The summed E-state index contributed by atoms with van der Waals surface area (Å²) >= 11 is 9.47. The number of anilines is 1. The molecule has 2 N–H and O–H groups in total. The third-order valence-corrected chi connectivity index (χ3v) is 3.95. The van der Waals surface area contributed by atoms with E-state index in [4.69, 9.17) is 17.3 Å². The lowest BCUT2D eigenvalue weighted by Gasteiger charge is -2.04. The first kappa shape index (κ1) is 12.5. The van der Waals surface area contributed by atoms with Crippen LogP contribution in [0.25, 0.3) is 16.9 Å². The molecule has 0 aliphatic rings. The number of nitrogens with two attached hydrogens (primary N) is 1. The maximum Gasteiger partial charge on any atom is 0.139 e. The number of aryl methyl sites for hydroxylation is 1. The summed E-state index contributed by atoms with van der Waals surface area (Å²) in [6.45, 7) is 2.01. The van der Waals surface area contributed by atoms with Gasteiger partial charge >= 0.3 is 0 Å². The zero-order valence-corrected chi connectivity index (χ0v) is 12.5. The van der Waals surface area contributed by atoms with Crippen molar-refractivity contribution in [2.24, 2.45) is 0 Å². The van der Waals surface area contributed by atoms with Gasteiger partial charge in [-0.1, -0.05) is 39.7 Å². The molecular weight excluding hydrogens is 326 g/mol. The number of nitrogens with zero attached hydrogens (tertiary/aromatic N) is 2. The number of hydrogen-bond donors (Lipinski definition) is 1. The molecule has 3 aromatic rings. The number of pyridine rings is 1. The molecule has 0 radical (unpaired) electrons. The van der Waals surface area contributed by atoms with Crippen LogP contribution in [0.3, 0.4) is 0 Å². The first-order valence-electron chi connectivity index (χ1n) is 5.77. The smallest absolute Gasteiger partial charge is 0.139 e. The van der Waals surface area contributed by atoms with Gasteiger partial charge in [0, 0.05) is 20.8 Å². The van der Waals surface area contributed by atoms with Gasteiger partial charge in [0.1, 0.15) is 17.2 Å². The normalized spacial score (nSPS) is 11.1. The van der Waals surface area contributed by atoms with Crippen LogP contribution in [-0.4, -0.2) is 9.38 Å². The van der Waals surface area contributed by atoms with Gasteiger partial charge in [-0.25, -0.2) is 4.98 Å². The quantitative estimate of drug-likeness (QED) is 0.719. The van der Waals surface area contributed by atoms with Crippen LogP contribution in [0.15, 0.2) is 40.9 Å². The average Bonchev–Trinajstić information content (AvgIpc) is 2.68. The maximum absolute atomic E-state index is 6.23. The van der Waals surface area contributed by atoms with Crippen LogP contribution >= 0.6 is 27.5 Å². The van der Waals surface area contributed by atoms with Gasteiger partial charge in [0.05, 0.1) is 0 Å². The van der Waals surface area contributed by atoms with Gasteiger partial charge < -0.3 is 5.73 Å². The summed E-state index contributed by atoms with van der Waals surface area (Å²) in [5.41, 5.74) is 9.82. The molecule has 0 spiro atoms. The highest BCUT2D eigenvalue weighted by Crippen LogP contribution is 2.34. The van der Waals surface area contributed by atoms with Crippen molar-refractivity contribution in [2.75, 3.05) is 5.73 Å². The predicted octanol–water partition coefficient (Wildman–Crippen LogP) is 4.31. The fourth-order valence-corrected chi connectivity index (χ4v) is 3.03. The Bertz CT molecular complexity index is 780. The van der Waals surface area contributed by atoms with E-state index < -0.39 is 0 Å². The van der Waals surface area contributed by atoms with Gasteiger partial charge in [0.15, 0.2) is 0 Å². The molecule has 0 fully saturated rings. The SMILES string of the molecule is Cc1cccc2nc(-c3ccc(Cl)cc3Br)c(N)n12. The third-order valence-electron chi connectivity index (χ3n) is 3.06. The molecule has 0 aliphatic carbocycles. The number of aromatic nitrogens is 2. The van der Waals surface area contributed by atoms with Gasteiger partial charge in [0.25, 0.3) is 0 Å². The Balaban J connectivity index is 2.31. The van der Waals surface area contributed by atoms with Crippen molar-refractivity contribution in [1.82, 2.24) is 9.38 Å². The van der Waals surface area contributed by atoms with Crippen LogP contribution in [0, 0.1) is 6.92 Å². The Kier molecular flexibility index (Phi) is 2.99. The molecule has 3 nitrogen and oxygen atoms in total. The third kappa shape index (κ3) is 2.01. The number of nitrogen functional groups attached to an aromatic ring is 1. The molecule has 0 unspecified atom stereocenters. The highest BCUT2D eigenvalue weighted by molar-refractivity contribution is 9.10. The second kappa shape index (κ2) is 4.54. The first-order chi connectivity index (χ1) is 9.08. The molecule has 96 valence electrons. The van der Waals surface area contributed by atoms with Gasteiger partial charge in [-0.05, 0) is 31.2 Å². The Labute approximate surface area is 124 Å². The molecule has 0 saturated heterocycles. The van der Waals surface area contributed by atoms with E-state index in [1.165, 1.54) is 0 Å². The number of fused-ring (bicyclic) bond motifs is 1. The number of hydrogen-bond acceptors (Lipinski definition) is 2. The molecule has 0 saturated carbocycles. The molecule has 2 aromatic heterocycles. The van der Waals surface area contributed by atoms with E-state index in [1.807, 2.05) is 47.7 Å². The fraction of sp³-hybridized carbons (Fsp3) is 0.0714. The minimum atomic E-state index is 0.635. The second-order valence-electron chi connectivity index (χ2n) is 4.33. The van der Waals surface area contributed by atoms with E-state index >= 15 is 0 Å². The lowest BCUT2D eigenvalue weighted by atomic mass is 10.1. The van der Waals surface area contributed by atoms with Crippen LogP contribution in [-0.2, 0) is 0 Å². The van der Waals surface area contributed by atoms with Crippen LogP contribution in [0.2, 0.25) is 5.02 Å². The monoisotopic (exact) mass is 335 g/mol. The minimum absolute atomic E-state index is 0.635. The van der Waals surface area contributed by atoms with Gasteiger partial charge in [0.2, 0.25) is 0 Å². The zero-order valence-electron chi connectivity index (χ0n) is 10.2. The summed E-state index contributed by atoms with van der Waals surface area (Å²) in [6, 6.07) is 11.5. The molecule has 3 rings (SSSR count). The molecule has 19 heavy (non-hydrogen) atoms. The van der Waals surface area contributed by atoms with E-state index in [0.717, 1.165) is 27.1 Å². The topological polar surface area (TPSA) is 43.3 Å². The van der Waals surface area contributed by atoms with Crippen LogP contribution in [0.5, 0.6) is 0 Å². The maximum atomic E-state index is 6.23. The predicted molar refractivity (Wildman–Crippen MR) is 82.5 cm³/mol. The van der Waals surface area contributed by atoms with E-state index in [1.54, 1.807) is 0 Å². The highest BCUT2D eigenvalue weighted by Gasteiger charge is 2.14. The molecule has 0 bridgehead atoms. The fourth-order valence-electron chi connectivity index (χ4n) is 2.16. The summed E-state index contributed by atoms with van der Waals surface area (Å²) in [7, 11) is 0. The Morgan fingerprint density at radius 3 is 2.74 bits per heavy atom. The minimum Gasteiger partial charge on any atom is -0.383 e. The number of rotatable bonds is 1. The average molecular weight is 337 g/mol. The van der Waals surface area contributed by atoms with Crippen molar-refractivity contribution in [3.05, 3.63) is 51.6 Å². The van der Waals surface area contributed by atoms with Gasteiger partial charge in [-0.15, -0.1) is 0 Å². The molecule has 0 amide bonds. The molecule has 1 aromatic carbocycles. The molecular formula is C14H11BrClN3. The Morgan fingerprint density at radius 2 is 2.05 bits per heavy atom. The molecule has 5 heteroatoms. The van der Waals surface area contributed by atoms with E-state index in [0.29, 0.717) is 10.8 Å². The van der Waals surface area contributed by atoms with Crippen LogP contribution in [0.4, 0.5) is 5.82 Å². The van der Waals surface area contributed by atoms with Crippen molar-refractivity contribution in [3.8, 4) is 11.3 Å². The zero-order chi connectivity index (χ0) is 13.6. The first-order valence-corrected chi connectivity index (χ1v) is 6.94. The van der Waals surface area contributed by atoms with Crippen molar-refractivity contribution >= 4 is 39.0 Å². The molecule has 2 heterocycles. The number of benzene rings is 1. The summed E-state index contributed by atoms with van der Waals surface area (Å²) in [4.78, 5) is 4.60. The number of imidazole rings is 1. The Morgan fingerprint density at radius 1 is 1.26 bits per heavy atom. The molecule has 0 atom stereocenters.